The van der Waals surface area contributed by atoms with Crippen molar-refractivity contribution < 1.29 is 17.9 Å². The summed E-state index contributed by atoms with van der Waals surface area (Å²) < 4.78 is 43.3. The second-order valence-electron chi connectivity index (χ2n) is 4.32. The monoisotopic (exact) mass is 317 g/mol. The van der Waals surface area contributed by atoms with Crippen molar-refractivity contribution in [2.45, 2.75) is 26.1 Å². The van der Waals surface area contributed by atoms with Gasteiger partial charge in [0.1, 0.15) is 5.69 Å². The lowest BCUT2D eigenvalue weighted by Gasteiger charge is -2.12. The fourth-order valence-electron chi connectivity index (χ4n) is 1.71. The second kappa shape index (κ2) is 6.40. The predicted octanol–water partition coefficient (Wildman–Crippen LogP) is 2.95. The van der Waals surface area contributed by atoms with E-state index in [1.54, 1.807) is 5.51 Å². The predicted molar refractivity (Wildman–Crippen MR) is 73.2 cm³/mol. The van der Waals surface area contributed by atoms with Crippen LogP contribution in [-0.4, -0.2) is 16.6 Å². The lowest BCUT2D eigenvalue weighted by atomic mass is 10.2. The van der Waals surface area contributed by atoms with Crippen molar-refractivity contribution in [3.8, 4) is 5.88 Å². The van der Waals surface area contributed by atoms with E-state index in [1.807, 2.05) is 6.92 Å². The normalized spacial score (nSPS) is 11.7. The van der Waals surface area contributed by atoms with Crippen LogP contribution in [0.1, 0.15) is 21.8 Å². The number of halogens is 3. The molecule has 2 N–H and O–H groups in total. The number of nitrogens with two attached hydrogens (primary N) is 1. The number of hydrogen-bond donors (Lipinski definition) is 1. The van der Waals surface area contributed by atoms with Crippen LogP contribution < -0.4 is 10.5 Å². The molecule has 2 rings (SSSR count). The van der Waals surface area contributed by atoms with E-state index >= 15 is 0 Å². The van der Waals surface area contributed by atoms with Gasteiger partial charge in [-0.15, -0.1) is 11.3 Å². The van der Waals surface area contributed by atoms with Crippen LogP contribution in [0.2, 0.25) is 0 Å². The Hall–Kier alpha value is -1.67. The van der Waals surface area contributed by atoms with Crippen LogP contribution in [0.15, 0.2) is 17.6 Å². The summed E-state index contributed by atoms with van der Waals surface area (Å²) >= 11 is 1.49. The molecule has 0 radical (unpaired) electrons. The molecule has 2 aromatic rings. The van der Waals surface area contributed by atoms with Crippen LogP contribution in [0.5, 0.6) is 5.88 Å². The molecule has 0 unspecified atom stereocenters. The largest absolute Gasteiger partial charge is 0.477 e. The van der Waals surface area contributed by atoms with E-state index in [0.717, 1.165) is 16.6 Å². The fourth-order valence-corrected chi connectivity index (χ4v) is 2.48. The third-order valence-corrected chi connectivity index (χ3v) is 3.86. The summed E-state index contributed by atoms with van der Waals surface area (Å²) in [6, 6.07) is 2.20. The molecule has 114 valence electrons. The molecule has 8 heteroatoms. The number of nitrogens with zero attached hydrogens (tertiary/aromatic N) is 2. The Balaban J connectivity index is 2.09. The topological polar surface area (TPSA) is 61.0 Å². The highest BCUT2D eigenvalue weighted by Gasteiger charge is 2.33. The highest BCUT2D eigenvalue weighted by molar-refractivity contribution is 7.09. The number of pyridine rings is 1. The van der Waals surface area contributed by atoms with Gasteiger partial charge in [-0.25, -0.2) is 9.97 Å². The van der Waals surface area contributed by atoms with E-state index in [-0.39, 0.29) is 19.0 Å². The van der Waals surface area contributed by atoms with E-state index < -0.39 is 11.9 Å². The number of ether oxygens (including phenoxy) is 1. The Morgan fingerprint density at radius 3 is 2.67 bits per heavy atom. The van der Waals surface area contributed by atoms with Crippen molar-refractivity contribution in [1.82, 2.24) is 9.97 Å². The van der Waals surface area contributed by atoms with Gasteiger partial charge >= 0.3 is 6.18 Å². The van der Waals surface area contributed by atoms with E-state index in [9.17, 15) is 13.2 Å². The number of alkyl halides is 3. The molecule has 0 aliphatic carbocycles. The van der Waals surface area contributed by atoms with Gasteiger partial charge in [-0.1, -0.05) is 6.07 Å². The van der Waals surface area contributed by atoms with Gasteiger partial charge in [0.2, 0.25) is 5.88 Å². The van der Waals surface area contributed by atoms with Crippen LogP contribution in [0.25, 0.3) is 0 Å². The maximum absolute atomic E-state index is 12.6. The SMILES string of the molecule is Cc1ncsc1CCOc1nc(C(F)(F)F)ccc1CN. The molecule has 0 spiro atoms. The summed E-state index contributed by atoms with van der Waals surface area (Å²) in [4.78, 5) is 8.66. The van der Waals surface area contributed by atoms with Crippen molar-refractivity contribution in [2.75, 3.05) is 6.61 Å². The summed E-state index contributed by atoms with van der Waals surface area (Å²) in [5.74, 6) is -0.0607. The summed E-state index contributed by atoms with van der Waals surface area (Å²) in [7, 11) is 0. The summed E-state index contributed by atoms with van der Waals surface area (Å²) in [5.41, 5.74) is 7.58. The lowest BCUT2D eigenvalue weighted by molar-refractivity contribution is -0.141. The number of thiazole rings is 1. The lowest BCUT2D eigenvalue weighted by Crippen LogP contribution is -2.13. The highest BCUT2D eigenvalue weighted by Crippen LogP contribution is 2.30. The number of aryl methyl sites for hydroxylation is 1. The number of rotatable bonds is 5. The quantitative estimate of drug-likeness (QED) is 0.921. The van der Waals surface area contributed by atoms with Gasteiger partial charge in [0.25, 0.3) is 0 Å². The van der Waals surface area contributed by atoms with Gasteiger partial charge in [0.05, 0.1) is 17.8 Å². The first-order valence-electron chi connectivity index (χ1n) is 6.20. The molecule has 0 saturated carbocycles. The summed E-state index contributed by atoms with van der Waals surface area (Å²) in [5, 5.41) is 0. The van der Waals surface area contributed by atoms with Crippen LogP contribution in [0, 0.1) is 6.92 Å². The van der Waals surface area contributed by atoms with E-state index in [0.29, 0.717) is 12.0 Å². The Kier molecular flexibility index (Phi) is 4.79. The van der Waals surface area contributed by atoms with Gasteiger partial charge in [-0.3, -0.25) is 0 Å². The number of hydrogen-bond acceptors (Lipinski definition) is 5. The Morgan fingerprint density at radius 2 is 2.10 bits per heavy atom. The van der Waals surface area contributed by atoms with Crippen molar-refractivity contribution >= 4 is 11.3 Å². The molecule has 0 aliphatic rings. The Bertz CT molecular complexity index is 613. The van der Waals surface area contributed by atoms with Gasteiger partial charge in [-0.2, -0.15) is 13.2 Å². The minimum Gasteiger partial charge on any atom is -0.477 e. The fraction of sp³-hybridized carbons (Fsp3) is 0.385. The van der Waals surface area contributed by atoms with E-state index in [2.05, 4.69) is 9.97 Å². The Labute approximate surface area is 123 Å². The van der Waals surface area contributed by atoms with Crippen LogP contribution >= 0.6 is 11.3 Å². The Morgan fingerprint density at radius 1 is 1.33 bits per heavy atom. The first-order valence-corrected chi connectivity index (χ1v) is 7.08. The summed E-state index contributed by atoms with van der Waals surface area (Å²) in [6.07, 6.45) is -3.93. The molecule has 0 fully saturated rings. The van der Waals surface area contributed by atoms with Crippen molar-refractivity contribution in [2.24, 2.45) is 5.73 Å². The first kappa shape index (κ1) is 15.7. The molecule has 4 nitrogen and oxygen atoms in total. The molecule has 0 bridgehead atoms. The molecular formula is C13H14F3N3OS. The zero-order valence-corrected chi connectivity index (χ0v) is 12.1. The molecule has 21 heavy (non-hydrogen) atoms. The van der Waals surface area contributed by atoms with Crippen LogP contribution in [-0.2, 0) is 19.1 Å². The number of aromatic nitrogens is 2. The molecule has 0 atom stereocenters. The molecule has 2 aromatic heterocycles. The smallest absolute Gasteiger partial charge is 0.433 e. The third-order valence-electron chi connectivity index (χ3n) is 2.86. The third kappa shape index (κ3) is 3.92. The van der Waals surface area contributed by atoms with Crippen molar-refractivity contribution in [3.05, 3.63) is 39.5 Å². The molecule has 0 aromatic carbocycles. The first-order chi connectivity index (χ1) is 9.91. The minimum absolute atomic E-state index is 0.0607. The molecule has 0 aliphatic heterocycles. The maximum Gasteiger partial charge on any atom is 0.433 e. The standard InChI is InChI=1S/C13H14F3N3OS/c1-8-10(21-7-18-8)4-5-20-12-9(6-17)2-3-11(19-12)13(14,15)16/h2-3,7H,4-6,17H2,1H3. The minimum atomic E-state index is -4.50. The van der Waals surface area contributed by atoms with Gasteiger partial charge in [0, 0.05) is 23.4 Å². The van der Waals surface area contributed by atoms with Gasteiger partial charge in [-0.05, 0) is 13.0 Å². The van der Waals surface area contributed by atoms with Gasteiger partial charge in [0.15, 0.2) is 0 Å². The molecule has 2 heterocycles. The van der Waals surface area contributed by atoms with Crippen LogP contribution in [0.4, 0.5) is 13.2 Å². The van der Waals surface area contributed by atoms with Crippen molar-refractivity contribution in [3.63, 3.8) is 0 Å². The van der Waals surface area contributed by atoms with Crippen LogP contribution in [0.3, 0.4) is 0 Å². The zero-order chi connectivity index (χ0) is 15.5. The average Bonchev–Trinajstić information content (AvgIpc) is 2.83. The average molecular weight is 317 g/mol. The molecule has 0 saturated heterocycles. The summed E-state index contributed by atoms with van der Waals surface area (Å²) in [6.45, 7) is 2.17. The highest BCUT2D eigenvalue weighted by atomic mass is 32.1. The van der Waals surface area contributed by atoms with E-state index in [1.165, 1.54) is 17.4 Å². The molecule has 0 amide bonds. The molecular weight excluding hydrogens is 303 g/mol. The second-order valence-corrected chi connectivity index (χ2v) is 5.26. The zero-order valence-electron chi connectivity index (χ0n) is 11.3. The van der Waals surface area contributed by atoms with Crippen molar-refractivity contribution in [1.29, 1.82) is 0 Å². The van der Waals surface area contributed by atoms with E-state index in [4.69, 9.17) is 10.5 Å². The maximum atomic E-state index is 12.6. The van der Waals surface area contributed by atoms with Gasteiger partial charge < -0.3 is 10.5 Å².